The van der Waals surface area contributed by atoms with Crippen LogP contribution in [0.2, 0.25) is 0 Å². The van der Waals surface area contributed by atoms with Crippen LogP contribution >= 0.6 is 0 Å². The summed E-state index contributed by atoms with van der Waals surface area (Å²) in [5, 5.41) is 2.89. The van der Waals surface area contributed by atoms with Gasteiger partial charge in [0.15, 0.2) is 0 Å². The van der Waals surface area contributed by atoms with E-state index in [2.05, 4.69) is 23.5 Å². The number of fused-ring (bicyclic) bond motifs is 3. The number of hydrogen-bond acceptors (Lipinski definition) is 2. The molecule has 6 rings (SSSR count). The number of benzene rings is 4. The Bertz CT molecular complexity index is 1860. The molecule has 0 spiro atoms. The molecule has 0 saturated carbocycles. The third-order valence-electron chi connectivity index (χ3n) is 7.60. The van der Waals surface area contributed by atoms with Crippen LogP contribution in [0.25, 0.3) is 27.9 Å². The number of nitrogens with one attached hydrogen (secondary N) is 1. The first-order chi connectivity index (χ1) is 19.7. The van der Waals surface area contributed by atoms with Crippen LogP contribution in [0.5, 0.6) is 0 Å². The molecule has 1 N–H and O–H groups in total. The van der Waals surface area contributed by atoms with Gasteiger partial charge in [-0.25, -0.2) is 0 Å². The quantitative estimate of drug-likeness (QED) is 0.244. The summed E-state index contributed by atoms with van der Waals surface area (Å²) in [5.74, 6) is -0.596. The zero-order valence-corrected chi connectivity index (χ0v) is 22.1. The van der Waals surface area contributed by atoms with Crippen LogP contribution in [-0.4, -0.2) is 10.5 Å². The van der Waals surface area contributed by atoms with Crippen LogP contribution in [0.4, 0.5) is 13.2 Å². The molecule has 0 atom stereocenters. The van der Waals surface area contributed by atoms with E-state index < -0.39 is 23.2 Å². The highest BCUT2D eigenvalue weighted by atomic mass is 19.4. The smallest absolute Gasteiger partial charge is 0.348 e. The van der Waals surface area contributed by atoms with Crippen molar-refractivity contribution in [3.63, 3.8) is 0 Å². The average molecular weight is 551 g/mol. The molecule has 0 radical (unpaired) electrons. The highest BCUT2D eigenvalue weighted by Crippen LogP contribution is 2.38. The molecule has 41 heavy (non-hydrogen) atoms. The zero-order chi connectivity index (χ0) is 28.7. The van der Waals surface area contributed by atoms with Gasteiger partial charge in [-0.2, -0.15) is 13.2 Å². The number of carbonyl (C=O) groups excluding carboxylic acids is 1. The molecule has 0 unspecified atom stereocenters. The van der Waals surface area contributed by atoms with Gasteiger partial charge < -0.3 is 5.32 Å². The Balaban J connectivity index is 1.40. The Morgan fingerprint density at radius 3 is 2.32 bits per heavy atom. The van der Waals surface area contributed by atoms with Gasteiger partial charge in [0.1, 0.15) is 5.56 Å². The van der Waals surface area contributed by atoms with Gasteiger partial charge in [-0.05, 0) is 71.0 Å². The van der Waals surface area contributed by atoms with Crippen molar-refractivity contribution in [1.29, 1.82) is 0 Å². The van der Waals surface area contributed by atoms with Crippen LogP contribution < -0.4 is 10.9 Å². The van der Waals surface area contributed by atoms with E-state index in [9.17, 15) is 22.8 Å². The van der Waals surface area contributed by atoms with E-state index in [4.69, 9.17) is 0 Å². The molecular weight excluding hydrogens is 525 g/mol. The molecule has 204 valence electrons. The van der Waals surface area contributed by atoms with Gasteiger partial charge in [-0.1, -0.05) is 78.9 Å². The van der Waals surface area contributed by atoms with E-state index in [1.54, 1.807) is 6.92 Å². The molecule has 1 aliphatic carbocycles. The minimum Gasteiger partial charge on any atom is -0.348 e. The number of nitrogens with zero attached hydrogens (tertiary/aromatic N) is 1. The van der Waals surface area contributed by atoms with Gasteiger partial charge >= 0.3 is 6.18 Å². The molecule has 0 bridgehead atoms. The van der Waals surface area contributed by atoms with E-state index in [1.807, 2.05) is 54.6 Å². The van der Waals surface area contributed by atoms with Crippen LogP contribution in [0.15, 0.2) is 108 Å². The maximum absolute atomic E-state index is 13.7. The molecule has 1 aromatic heterocycles. The van der Waals surface area contributed by atoms with Crippen LogP contribution in [0, 0.1) is 6.92 Å². The van der Waals surface area contributed by atoms with Crippen molar-refractivity contribution in [2.24, 2.45) is 0 Å². The third kappa shape index (κ3) is 4.84. The number of carbonyl (C=O) groups is 1. The topological polar surface area (TPSA) is 51.1 Å². The maximum atomic E-state index is 13.7. The number of alkyl halides is 3. The minimum atomic E-state index is -4.58. The summed E-state index contributed by atoms with van der Waals surface area (Å²) in [6.45, 7) is 1.87. The second-order valence-corrected chi connectivity index (χ2v) is 10.1. The lowest BCUT2D eigenvalue weighted by Gasteiger charge is -2.18. The molecule has 5 aromatic rings. The fourth-order valence-electron chi connectivity index (χ4n) is 5.57. The molecular formula is C34H25F3N2O2. The highest BCUT2D eigenvalue weighted by molar-refractivity contribution is 5.95. The minimum absolute atomic E-state index is 0.0350. The second-order valence-electron chi connectivity index (χ2n) is 10.1. The summed E-state index contributed by atoms with van der Waals surface area (Å²) >= 11 is 0. The first-order valence-electron chi connectivity index (χ1n) is 13.2. The molecule has 7 heteroatoms. The SMILES string of the molecule is Cc1c(-c2ccccc2)cc(C(=O)NCc2cccc3c2Cc2ccccc2-3)c(=O)n1-c1cccc(C(F)(F)F)c1. The summed E-state index contributed by atoms with van der Waals surface area (Å²) in [4.78, 5) is 27.3. The number of pyridine rings is 1. The van der Waals surface area contributed by atoms with Crippen LogP contribution in [0.1, 0.15) is 38.3 Å². The Labute approximate surface area is 234 Å². The van der Waals surface area contributed by atoms with Crippen molar-refractivity contribution in [2.45, 2.75) is 26.1 Å². The van der Waals surface area contributed by atoms with Crippen molar-refractivity contribution >= 4 is 5.91 Å². The van der Waals surface area contributed by atoms with Crippen molar-refractivity contribution in [1.82, 2.24) is 9.88 Å². The lowest BCUT2D eigenvalue weighted by molar-refractivity contribution is -0.137. The molecule has 1 amide bonds. The first-order valence-corrected chi connectivity index (χ1v) is 13.2. The van der Waals surface area contributed by atoms with Gasteiger partial charge in [0, 0.05) is 23.5 Å². The lowest BCUT2D eigenvalue weighted by atomic mass is 10.00. The van der Waals surface area contributed by atoms with Crippen molar-refractivity contribution in [2.75, 3.05) is 0 Å². The van der Waals surface area contributed by atoms with Gasteiger partial charge in [0.2, 0.25) is 0 Å². The molecule has 4 nitrogen and oxygen atoms in total. The second kappa shape index (κ2) is 10.2. The number of halogens is 3. The molecule has 0 fully saturated rings. The molecule has 1 aliphatic rings. The fourth-order valence-corrected chi connectivity index (χ4v) is 5.57. The zero-order valence-electron chi connectivity index (χ0n) is 22.1. The maximum Gasteiger partial charge on any atom is 0.416 e. The number of aromatic nitrogens is 1. The van der Waals surface area contributed by atoms with Crippen molar-refractivity contribution < 1.29 is 18.0 Å². The Hall–Kier alpha value is -4.91. The Kier molecular flexibility index (Phi) is 6.58. The van der Waals surface area contributed by atoms with E-state index >= 15 is 0 Å². The van der Waals surface area contributed by atoms with Gasteiger partial charge in [0.05, 0.1) is 5.56 Å². The average Bonchev–Trinajstić information content (AvgIpc) is 3.36. The van der Waals surface area contributed by atoms with E-state index in [1.165, 1.54) is 33.9 Å². The van der Waals surface area contributed by atoms with E-state index in [0.717, 1.165) is 40.8 Å². The summed E-state index contributed by atoms with van der Waals surface area (Å²) in [6, 6.07) is 29.4. The van der Waals surface area contributed by atoms with Gasteiger partial charge in [-0.3, -0.25) is 14.2 Å². The van der Waals surface area contributed by atoms with Crippen molar-refractivity contribution in [3.8, 4) is 27.9 Å². The molecule has 4 aromatic carbocycles. The van der Waals surface area contributed by atoms with Crippen LogP contribution in [0.3, 0.4) is 0 Å². The molecule has 1 heterocycles. The summed E-state index contributed by atoms with van der Waals surface area (Å²) in [6.07, 6.45) is -3.83. The Morgan fingerprint density at radius 2 is 1.54 bits per heavy atom. The van der Waals surface area contributed by atoms with Gasteiger partial charge in [-0.15, -0.1) is 0 Å². The lowest BCUT2D eigenvalue weighted by Crippen LogP contribution is -2.33. The highest BCUT2D eigenvalue weighted by Gasteiger charge is 2.31. The summed E-state index contributed by atoms with van der Waals surface area (Å²) in [5.41, 5.74) is 5.64. The number of amides is 1. The Morgan fingerprint density at radius 1 is 0.829 bits per heavy atom. The molecule has 0 saturated heterocycles. The standard InChI is InChI=1S/C34H25F3N2O2/c1-21-29(22-9-3-2-4-10-22)19-31(33(41)39(21)26-14-8-13-25(18-26)34(35,36)37)32(40)38-20-24-12-7-16-28-27-15-6-5-11-23(27)17-30(24)28/h2-16,18-19H,17,20H2,1H3,(H,38,40). The predicted molar refractivity (Wildman–Crippen MR) is 153 cm³/mol. The summed E-state index contributed by atoms with van der Waals surface area (Å²) in [7, 11) is 0. The summed E-state index contributed by atoms with van der Waals surface area (Å²) < 4.78 is 41.8. The fraction of sp³-hybridized carbons (Fsp3) is 0.118. The number of rotatable bonds is 5. The predicted octanol–water partition coefficient (Wildman–Crippen LogP) is 7.33. The number of hydrogen-bond donors (Lipinski definition) is 1. The van der Waals surface area contributed by atoms with Gasteiger partial charge in [0.25, 0.3) is 11.5 Å². The normalized spacial score (nSPS) is 12.1. The third-order valence-corrected chi connectivity index (χ3v) is 7.60. The monoisotopic (exact) mass is 550 g/mol. The molecule has 0 aliphatic heterocycles. The van der Waals surface area contributed by atoms with Crippen molar-refractivity contribution in [3.05, 3.63) is 147 Å². The largest absolute Gasteiger partial charge is 0.416 e. The van der Waals surface area contributed by atoms with E-state index in [0.29, 0.717) is 11.3 Å². The van der Waals surface area contributed by atoms with Crippen LogP contribution in [-0.2, 0) is 19.1 Å². The van der Waals surface area contributed by atoms with E-state index in [-0.39, 0.29) is 17.8 Å². The first kappa shape index (κ1) is 26.3.